The van der Waals surface area contributed by atoms with Crippen molar-refractivity contribution in [3.8, 4) is 5.75 Å². The Morgan fingerprint density at radius 2 is 1.76 bits per heavy atom. The van der Waals surface area contributed by atoms with E-state index in [0.717, 1.165) is 5.56 Å². The summed E-state index contributed by atoms with van der Waals surface area (Å²) in [5.41, 5.74) is 2.58. The first-order valence-electron chi connectivity index (χ1n) is 10.3. The first-order valence-corrected chi connectivity index (χ1v) is 11.5. The van der Waals surface area contributed by atoms with E-state index in [-0.39, 0.29) is 24.2 Å². The van der Waals surface area contributed by atoms with Gasteiger partial charge < -0.3 is 10.1 Å². The Hall–Kier alpha value is -2.54. The maximum absolute atomic E-state index is 12.9. The van der Waals surface area contributed by atoms with Gasteiger partial charge in [-0.25, -0.2) is 0 Å². The maximum atomic E-state index is 12.9. The van der Waals surface area contributed by atoms with Crippen LogP contribution in [0.25, 0.3) is 6.08 Å². The SMILES string of the molecule is CC1=NN(c2ccccc2)C(=O)/C1=C\c1ccc(OC(NC(=O)CC(C)C)C(Cl)(Cl)Cl)cc1. The van der Waals surface area contributed by atoms with Gasteiger partial charge in [0.25, 0.3) is 5.91 Å². The summed E-state index contributed by atoms with van der Waals surface area (Å²) in [4.78, 5) is 25.0. The van der Waals surface area contributed by atoms with Crippen LogP contribution in [-0.4, -0.2) is 27.5 Å². The number of alkyl halides is 3. The minimum Gasteiger partial charge on any atom is -0.466 e. The van der Waals surface area contributed by atoms with Crippen LogP contribution in [0.15, 0.2) is 65.3 Å². The minimum atomic E-state index is -1.86. The van der Waals surface area contributed by atoms with Gasteiger partial charge in [-0.05, 0) is 48.7 Å². The van der Waals surface area contributed by atoms with Gasteiger partial charge in [0.2, 0.25) is 15.9 Å². The van der Waals surface area contributed by atoms with Crippen molar-refractivity contribution in [3.63, 3.8) is 0 Å². The number of hydrogen-bond acceptors (Lipinski definition) is 4. The Labute approximate surface area is 208 Å². The van der Waals surface area contributed by atoms with E-state index in [9.17, 15) is 9.59 Å². The van der Waals surface area contributed by atoms with Crippen LogP contribution in [0.2, 0.25) is 0 Å². The maximum Gasteiger partial charge on any atom is 0.280 e. The van der Waals surface area contributed by atoms with E-state index in [2.05, 4.69) is 10.4 Å². The number of carbonyl (C=O) groups excluding carboxylic acids is 2. The number of hydrogen-bond donors (Lipinski definition) is 1. The zero-order valence-electron chi connectivity index (χ0n) is 18.4. The third-order valence-electron chi connectivity index (χ3n) is 4.69. The Balaban J connectivity index is 1.73. The molecule has 1 heterocycles. The fraction of sp³-hybridized carbons (Fsp3) is 0.292. The number of benzene rings is 2. The number of ether oxygens (including phenoxy) is 1. The Morgan fingerprint density at radius 3 is 2.33 bits per heavy atom. The summed E-state index contributed by atoms with van der Waals surface area (Å²) in [5.74, 6) is 0.0622. The van der Waals surface area contributed by atoms with Crippen molar-refractivity contribution in [2.45, 2.75) is 37.2 Å². The van der Waals surface area contributed by atoms with Crippen LogP contribution < -0.4 is 15.1 Å². The molecule has 0 aromatic heterocycles. The third kappa shape index (κ3) is 6.73. The summed E-state index contributed by atoms with van der Waals surface area (Å²) >= 11 is 18.0. The lowest BCUT2D eigenvalue weighted by molar-refractivity contribution is -0.124. The fourth-order valence-electron chi connectivity index (χ4n) is 3.13. The lowest BCUT2D eigenvalue weighted by atomic mass is 10.1. The molecule has 2 aromatic rings. The van der Waals surface area contributed by atoms with Gasteiger partial charge in [-0.15, -0.1) is 0 Å². The summed E-state index contributed by atoms with van der Waals surface area (Å²) in [5, 5.41) is 8.36. The quantitative estimate of drug-likeness (QED) is 0.295. The predicted molar refractivity (Wildman–Crippen MR) is 134 cm³/mol. The van der Waals surface area contributed by atoms with E-state index in [0.29, 0.717) is 22.7 Å². The van der Waals surface area contributed by atoms with Gasteiger partial charge in [0, 0.05) is 6.42 Å². The molecule has 1 aliphatic rings. The Bertz CT molecular complexity index is 1060. The van der Waals surface area contributed by atoms with Crippen LogP contribution in [0.5, 0.6) is 5.75 Å². The van der Waals surface area contributed by atoms with Crippen molar-refractivity contribution < 1.29 is 14.3 Å². The molecule has 3 rings (SSSR count). The number of rotatable bonds is 7. The molecule has 0 radical (unpaired) electrons. The van der Waals surface area contributed by atoms with Gasteiger partial charge in [0.15, 0.2) is 0 Å². The van der Waals surface area contributed by atoms with Crippen LogP contribution >= 0.6 is 34.8 Å². The Kier molecular flexibility index (Phi) is 8.05. The van der Waals surface area contributed by atoms with Crippen LogP contribution in [0.4, 0.5) is 5.69 Å². The van der Waals surface area contributed by atoms with Crippen LogP contribution in [-0.2, 0) is 9.59 Å². The van der Waals surface area contributed by atoms with Gasteiger partial charge in [-0.1, -0.05) is 79.0 Å². The summed E-state index contributed by atoms with van der Waals surface area (Å²) < 4.78 is 3.86. The molecule has 0 saturated heterocycles. The molecule has 1 unspecified atom stereocenters. The molecule has 2 amide bonds. The molecule has 0 saturated carbocycles. The van der Waals surface area contributed by atoms with E-state index in [1.165, 1.54) is 5.01 Å². The number of amides is 2. The fourth-order valence-corrected chi connectivity index (χ4v) is 3.43. The lowest BCUT2D eigenvalue weighted by Gasteiger charge is -2.26. The molecule has 33 heavy (non-hydrogen) atoms. The number of hydrazone groups is 1. The first kappa shape index (κ1) is 25.1. The van der Waals surface area contributed by atoms with Crippen molar-refractivity contribution in [2.24, 2.45) is 11.0 Å². The van der Waals surface area contributed by atoms with E-state index < -0.39 is 10.0 Å². The van der Waals surface area contributed by atoms with Gasteiger partial charge in [0.05, 0.1) is 17.0 Å². The molecular weight excluding hydrogens is 485 g/mol. The second-order valence-corrected chi connectivity index (χ2v) is 10.3. The molecule has 1 atom stereocenters. The lowest BCUT2D eigenvalue weighted by Crippen LogP contribution is -2.48. The normalized spacial score (nSPS) is 16.2. The molecule has 1 aliphatic heterocycles. The molecule has 174 valence electrons. The number of nitrogens with zero attached hydrogens (tertiary/aromatic N) is 2. The van der Waals surface area contributed by atoms with Crippen LogP contribution in [0.3, 0.4) is 0 Å². The number of carbonyl (C=O) groups is 2. The number of anilines is 1. The molecule has 0 bridgehead atoms. The topological polar surface area (TPSA) is 71.0 Å². The molecule has 1 N–H and O–H groups in total. The number of halogens is 3. The summed E-state index contributed by atoms with van der Waals surface area (Å²) in [7, 11) is 0. The van der Waals surface area contributed by atoms with Gasteiger partial charge >= 0.3 is 0 Å². The monoisotopic (exact) mass is 507 g/mol. The largest absolute Gasteiger partial charge is 0.466 e. The standard InChI is InChI=1S/C24H24Cl3N3O3/c1-15(2)13-21(31)28-23(24(25,26)27)33-19-11-9-17(10-12-19)14-20-16(3)29-30(22(20)32)18-7-5-4-6-8-18/h4-12,14-15,23H,13H2,1-3H3,(H,28,31)/b20-14-. The van der Waals surface area contributed by atoms with Crippen molar-refractivity contribution >= 4 is 64.1 Å². The second kappa shape index (κ2) is 10.6. The molecular formula is C24H24Cl3N3O3. The van der Waals surface area contributed by atoms with Crippen molar-refractivity contribution in [3.05, 3.63) is 65.7 Å². The average molecular weight is 509 g/mol. The summed E-state index contributed by atoms with van der Waals surface area (Å²) in [6.07, 6.45) is 0.871. The molecule has 2 aromatic carbocycles. The smallest absolute Gasteiger partial charge is 0.280 e. The molecule has 0 spiro atoms. The highest BCUT2D eigenvalue weighted by Gasteiger charge is 2.36. The molecule has 6 nitrogen and oxygen atoms in total. The van der Waals surface area contributed by atoms with Crippen LogP contribution in [0, 0.1) is 5.92 Å². The zero-order chi connectivity index (χ0) is 24.2. The predicted octanol–water partition coefficient (Wildman–Crippen LogP) is 5.73. The molecule has 0 aliphatic carbocycles. The highest BCUT2D eigenvalue weighted by molar-refractivity contribution is 6.68. The first-order chi connectivity index (χ1) is 15.5. The zero-order valence-corrected chi connectivity index (χ0v) is 20.7. The summed E-state index contributed by atoms with van der Waals surface area (Å²) in [6, 6.07) is 16.1. The number of para-hydroxylation sites is 1. The van der Waals surface area contributed by atoms with Crippen molar-refractivity contribution in [1.29, 1.82) is 0 Å². The highest BCUT2D eigenvalue weighted by atomic mass is 35.6. The van der Waals surface area contributed by atoms with Crippen molar-refractivity contribution in [1.82, 2.24) is 5.32 Å². The van der Waals surface area contributed by atoms with Gasteiger partial charge in [-0.2, -0.15) is 10.1 Å². The van der Waals surface area contributed by atoms with E-state index in [1.54, 1.807) is 37.3 Å². The molecule has 0 fully saturated rings. The average Bonchev–Trinajstić information content (AvgIpc) is 3.02. The van der Waals surface area contributed by atoms with E-state index in [1.807, 2.05) is 44.2 Å². The van der Waals surface area contributed by atoms with Gasteiger partial charge in [0.1, 0.15) is 5.75 Å². The van der Waals surface area contributed by atoms with Crippen molar-refractivity contribution in [2.75, 3.05) is 5.01 Å². The highest BCUT2D eigenvalue weighted by Crippen LogP contribution is 2.32. The van der Waals surface area contributed by atoms with Gasteiger partial charge in [-0.3, -0.25) is 9.59 Å². The Morgan fingerprint density at radius 1 is 1.12 bits per heavy atom. The molecule has 9 heteroatoms. The van der Waals surface area contributed by atoms with Crippen LogP contribution in [0.1, 0.15) is 32.8 Å². The second-order valence-electron chi connectivity index (χ2n) is 7.97. The summed E-state index contributed by atoms with van der Waals surface area (Å²) in [6.45, 7) is 5.62. The third-order valence-corrected chi connectivity index (χ3v) is 5.29. The minimum absolute atomic E-state index is 0.149. The number of nitrogens with one attached hydrogen (secondary N) is 1. The van der Waals surface area contributed by atoms with E-state index in [4.69, 9.17) is 39.5 Å². The van der Waals surface area contributed by atoms with E-state index >= 15 is 0 Å².